The molecule has 2 aromatic rings. The zero-order valence-corrected chi connectivity index (χ0v) is 16.3. The maximum Gasteiger partial charge on any atom is 0.338 e. The lowest BCUT2D eigenvalue weighted by atomic mass is 10.2. The minimum Gasteiger partial charge on any atom is -0.497 e. The number of hydrogen-bond donors (Lipinski definition) is 1. The Morgan fingerprint density at radius 2 is 1.71 bits per heavy atom. The molecule has 7 heteroatoms. The lowest BCUT2D eigenvalue weighted by Crippen LogP contribution is -2.28. The van der Waals surface area contributed by atoms with Crippen LogP contribution in [0.25, 0.3) is 0 Å². The van der Waals surface area contributed by atoms with Crippen LogP contribution in [0.4, 0.5) is 0 Å². The third-order valence-corrected chi connectivity index (χ3v) is 3.74. The Hall–Kier alpha value is -3.22. The quantitative estimate of drug-likeness (QED) is 0.631. The summed E-state index contributed by atoms with van der Waals surface area (Å²) < 4.78 is 21.2. The summed E-state index contributed by atoms with van der Waals surface area (Å²) in [5.74, 6) is 0.713. The first-order chi connectivity index (χ1) is 13.6. The molecule has 0 spiro atoms. The molecule has 0 atom stereocenters. The highest BCUT2D eigenvalue weighted by molar-refractivity contribution is 5.92. The zero-order chi connectivity index (χ0) is 20.4. The van der Waals surface area contributed by atoms with Crippen molar-refractivity contribution in [3.05, 3.63) is 53.6 Å². The van der Waals surface area contributed by atoms with Crippen LogP contribution in [0.3, 0.4) is 0 Å². The number of carbonyl (C=O) groups excluding carboxylic acids is 2. The smallest absolute Gasteiger partial charge is 0.338 e. The second-order valence-electron chi connectivity index (χ2n) is 5.73. The molecule has 0 fully saturated rings. The summed E-state index contributed by atoms with van der Waals surface area (Å²) in [5.41, 5.74) is 1.17. The van der Waals surface area contributed by atoms with Crippen molar-refractivity contribution >= 4 is 11.9 Å². The van der Waals surface area contributed by atoms with Gasteiger partial charge in [0.2, 0.25) is 0 Å². The van der Waals surface area contributed by atoms with Gasteiger partial charge in [-0.25, -0.2) is 4.79 Å². The second kappa shape index (κ2) is 10.8. The van der Waals surface area contributed by atoms with Gasteiger partial charge in [-0.2, -0.15) is 0 Å². The Bertz CT molecular complexity index is 805. The molecular formula is C21H25NO6. The highest BCUT2D eigenvalue weighted by Crippen LogP contribution is 2.28. The monoisotopic (exact) mass is 387 g/mol. The van der Waals surface area contributed by atoms with Crippen LogP contribution in [-0.2, 0) is 16.1 Å². The van der Waals surface area contributed by atoms with E-state index < -0.39 is 11.9 Å². The minimum absolute atomic E-state index is 0.285. The van der Waals surface area contributed by atoms with Gasteiger partial charge in [0.1, 0.15) is 5.75 Å². The van der Waals surface area contributed by atoms with Crippen LogP contribution in [0.5, 0.6) is 17.2 Å². The molecule has 0 aliphatic carbocycles. The molecule has 0 aliphatic rings. The van der Waals surface area contributed by atoms with E-state index in [1.807, 2.05) is 38.1 Å². The van der Waals surface area contributed by atoms with E-state index in [0.29, 0.717) is 37.0 Å². The van der Waals surface area contributed by atoms with Crippen LogP contribution in [0.1, 0.15) is 29.8 Å². The maximum absolute atomic E-state index is 12.2. The summed E-state index contributed by atoms with van der Waals surface area (Å²) in [6.45, 7) is 4.56. The molecular weight excluding hydrogens is 362 g/mol. The van der Waals surface area contributed by atoms with Crippen LogP contribution >= 0.6 is 0 Å². The topological polar surface area (TPSA) is 83.1 Å². The fourth-order valence-corrected chi connectivity index (χ4v) is 2.43. The van der Waals surface area contributed by atoms with Crippen LogP contribution in [0.2, 0.25) is 0 Å². The highest BCUT2D eigenvalue weighted by atomic mass is 16.5. The normalized spacial score (nSPS) is 10.1. The van der Waals surface area contributed by atoms with Crippen molar-refractivity contribution in [1.29, 1.82) is 0 Å². The largest absolute Gasteiger partial charge is 0.497 e. The fourth-order valence-electron chi connectivity index (χ4n) is 2.43. The number of carbonyl (C=O) groups is 2. The number of methoxy groups -OCH3 is 1. The molecule has 0 saturated carbocycles. The van der Waals surface area contributed by atoms with Gasteiger partial charge in [-0.3, -0.25) is 4.79 Å². The van der Waals surface area contributed by atoms with Gasteiger partial charge in [0.25, 0.3) is 5.91 Å². The van der Waals surface area contributed by atoms with Crippen molar-refractivity contribution in [2.45, 2.75) is 20.4 Å². The van der Waals surface area contributed by atoms with E-state index in [2.05, 4.69) is 5.32 Å². The third-order valence-electron chi connectivity index (χ3n) is 3.74. The van der Waals surface area contributed by atoms with Crippen molar-refractivity contribution in [3.63, 3.8) is 0 Å². The predicted molar refractivity (Wildman–Crippen MR) is 104 cm³/mol. The summed E-state index contributed by atoms with van der Waals surface area (Å²) >= 11 is 0. The average Bonchev–Trinajstić information content (AvgIpc) is 2.72. The Kier molecular flexibility index (Phi) is 8.14. The lowest BCUT2D eigenvalue weighted by molar-refractivity contribution is -0.124. The number of amides is 1. The van der Waals surface area contributed by atoms with E-state index in [4.69, 9.17) is 18.9 Å². The molecule has 0 heterocycles. The lowest BCUT2D eigenvalue weighted by Gasteiger charge is -2.12. The minimum atomic E-state index is -0.611. The number of rotatable bonds is 10. The third kappa shape index (κ3) is 6.19. The predicted octanol–water partition coefficient (Wildman–Crippen LogP) is 2.97. The van der Waals surface area contributed by atoms with E-state index in [0.717, 1.165) is 5.56 Å². The summed E-state index contributed by atoms with van der Waals surface area (Å²) in [6, 6.07) is 12.1. The number of benzene rings is 2. The van der Waals surface area contributed by atoms with Crippen LogP contribution < -0.4 is 19.5 Å². The van der Waals surface area contributed by atoms with Crippen LogP contribution in [0, 0.1) is 0 Å². The van der Waals surface area contributed by atoms with E-state index in [9.17, 15) is 9.59 Å². The molecule has 0 aliphatic heterocycles. The Morgan fingerprint density at radius 1 is 0.964 bits per heavy atom. The van der Waals surface area contributed by atoms with Crippen molar-refractivity contribution in [1.82, 2.24) is 5.32 Å². The molecule has 0 aromatic heterocycles. The molecule has 1 N–H and O–H groups in total. The van der Waals surface area contributed by atoms with Gasteiger partial charge in [-0.1, -0.05) is 12.1 Å². The van der Waals surface area contributed by atoms with Crippen molar-refractivity contribution in [2.75, 3.05) is 26.9 Å². The van der Waals surface area contributed by atoms with Crippen molar-refractivity contribution < 1.29 is 28.5 Å². The van der Waals surface area contributed by atoms with Crippen LogP contribution in [0.15, 0.2) is 42.5 Å². The van der Waals surface area contributed by atoms with Gasteiger partial charge in [-0.05, 0) is 49.7 Å². The highest BCUT2D eigenvalue weighted by Gasteiger charge is 2.14. The molecule has 0 saturated heterocycles. The summed E-state index contributed by atoms with van der Waals surface area (Å²) in [5, 5.41) is 2.70. The van der Waals surface area contributed by atoms with Gasteiger partial charge < -0.3 is 24.3 Å². The molecule has 28 heavy (non-hydrogen) atoms. The molecule has 1 amide bonds. The zero-order valence-electron chi connectivity index (χ0n) is 16.3. The average molecular weight is 387 g/mol. The Balaban J connectivity index is 1.88. The molecule has 0 radical (unpaired) electrons. The number of hydrogen-bond acceptors (Lipinski definition) is 6. The summed E-state index contributed by atoms with van der Waals surface area (Å²) in [4.78, 5) is 24.2. The molecule has 2 aromatic carbocycles. The van der Waals surface area contributed by atoms with E-state index >= 15 is 0 Å². The molecule has 150 valence electrons. The van der Waals surface area contributed by atoms with E-state index in [1.165, 1.54) is 0 Å². The first-order valence-electron chi connectivity index (χ1n) is 9.03. The Morgan fingerprint density at radius 3 is 2.43 bits per heavy atom. The number of ether oxygens (including phenoxy) is 4. The number of esters is 1. The second-order valence-corrected chi connectivity index (χ2v) is 5.73. The SMILES string of the molecule is CCOc1ccc(C(=O)OCC(=O)NCc2cccc(OC)c2)cc1OCC. The van der Waals surface area contributed by atoms with Gasteiger partial charge in [0.05, 0.1) is 25.9 Å². The first-order valence-corrected chi connectivity index (χ1v) is 9.03. The molecule has 2 rings (SSSR count). The van der Waals surface area contributed by atoms with Gasteiger partial charge in [0, 0.05) is 6.54 Å². The van der Waals surface area contributed by atoms with Gasteiger partial charge in [0.15, 0.2) is 18.1 Å². The molecule has 7 nitrogen and oxygen atoms in total. The fraction of sp³-hybridized carbons (Fsp3) is 0.333. The first kappa shape index (κ1) is 21.1. The Labute approximate surface area is 164 Å². The van der Waals surface area contributed by atoms with Gasteiger partial charge >= 0.3 is 5.97 Å². The maximum atomic E-state index is 12.2. The summed E-state index contributed by atoms with van der Waals surface area (Å²) in [7, 11) is 1.58. The van der Waals surface area contributed by atoms with E-state index in [1.54, 1.807) is 25.3 Å². The van der Waals surface area contributed by atoms with Crippen LogP contribution in [-0.4, -0.2) is 38.8 Å². The number of nitrogens with one attached hydrogen (secondary N) is 1. The van der Waals surface area contributed by atoms with Crippen molar-refractivity contribution in [3.8, 4) is 17.2 Å². The van der Waals surface area contributed by atoms with E-state index in [-0.39, 0.29) is 12.2 Å². The molecule has 0 unspecified atom stereocenters. The molecule has 0 bridgehead atoms. The van der Waals surface area contributed by atoms with Gasteiger partial charge in [-0.15, -0.1) is 0 Å². The van der Waals surface area contributed by atoms with Crippen molar-refractivity contribution in [2.24, 2.45) is 0 Å². The standard InChI is InChI=1S/C21H25NO6/c1-4-26-18-10-9-16(12-19(18)27-5-2)21(24)28-14-20(23)22-13-15-7-6-8-17(11-15)25-3/h6-12H,4-5,13-14H2,1-3H3,(H,22,23). The summed E-state index contributed by atoms with van der Waals surface area (Å²) in [6.07, 6.45) is 0.